The fraction of sp³-hybridized carbons (Fsp3) is 0.222. The second-order valence-corrected chi connectivity index (χ2v) is 11.9. The molecule has 0 aromatic heterocycles. The molecule has 0 aliphatic carbocycles. The minimum absolute atomic E-state index is 0.231. The summed E-state index contributed by atoms with van der Waals surface area (Å²) in [5.74, 6) is -0.971. The summed E-state index contributed by atoms with van der Waals surface area (Å²) in [6.45, 7) is 1.02. The van der Waals surface area contributed by atoms with E-state index in [4.69, 9.17) is 9.47 Å². The van der Waals surface area contributed by atoms with Gasteiger partial charge in [-0.2, -0.15) is 0 Å². The van der Waals surface area contributed by atoms with Crippen molar-refractivity contribution in [2.24, 2.45) is 0 Å². The second kappa shape index (κ2) is 9.93. The first-order chi connectivity index (χ1) is 22.4. The number of ether oxygens (including phenoxy) is 2. The maximum atomic E-state index is 15.1. The van der Waals surface area contributed by atoms with E-state index in [-0.39, 0.29) is 38.2 Å². The van der Waals surface area contributed by atoms with Gasteiger partial charge in [-0.1, -0.05) is 72.8 Å². The van der Waals surface area contributed by atoms with Crippen LogP contribution in [0.2, 0.25) is 0 Å². The van der Waals surface area contributed by atoms with E-state index in [0.29, 0.717) is 22.3 Å². The number of urea groups is 2. The van der Waals surface area contributed by atoms with E-state index in [1.807, 2.05) is 92.4 Å². The largest absolute Gasteiger partial charge is 0.465 e. The van der Waals surface area contributed by atoms with Gasteiger partial charge in [-0.3, -0.25) is 19.6 Å². The fourth-order valence-corrected chi connectivity index (χ4v) is 7.97. The summed E-state index contributed by atoms with van der Waals surface area (Å²) in [5, 5.41) is 0. The number of fused-ring (bicyclic) bond motifs is 2. The maximum absolute atomic E-state index is 15.1. The number of nitrogens with zero attached hydrogens (tertiary/aromatic N) is 4. The molecule has 0 atom stereocenters. The molecule has 10 nitrogen and oxygen atoms in total. The molecule has 0 unspecified atom stereocenters. The lowest BCUT2D eigenvalue weighted by Crippen LogP contribution is -2.62. The van der Waals surface area contributed by atoms with E-state index in [9.17, 15) is 9.59 Å². The zero-order chi connectivity index (χ0) is 31.8. The number of esters is 2. The number of amides is 4. The molecule has 4 heterocycles. The third-order valence-corrected chi connectivity index (χ3v) is 9.94. The maximum Gasteiger partial charge on any atom is 0.337 e. The summed E-state index contributed by atoms with van der Waals surface area (Å²) in [7, 11) is 2.66. The summed E-state index contributed by atoms with van der Waals surface area (Å²) in [6, 6.07) is 29.3. The summed E-state index contributed by atoms with van der Waals surface area (Å²) >= 11 is 0. The topological polar surface area (TPSA) is 99.7 Å². The van der Waals surface area contributed by atoms with Crippen LogP contribution in [0.4, 0.5) is 9.59 Å². The molecule has 0 saturated carbocycles. The van der Waals surface area contributed by atoms with Gasteiger partial charge < -0.3 is 9.47 Å². The van der Waals surface area contributed by atoms with Crippen LogP contribution in [-0.2, 0) is 47.0 Å². The quantitative estimate of drug-likeness (QED) is 0.294. The third-order valence-electron chi connectivity index (χ3n) is 9.94. The Morgan fingerprint density at radius 3 is 1.04 bits per heavy atom. The molecule has 4 aliphatic rings. The van der Waals surface area contributed by atoms with Gasteiger partial charge in [0, 0.05) is 11.1 Å². The molecule has 46 heavy (non-hydrogen) atoms. The van der Waals surface area contributed by atoms with E-state index >= 15 is 9.59 Å². The highest BCUT2D eigenvalue weighted by Crippen LogP contribution is 2.65. The Hall–Kier alpha value is -5.64. The van der Waals surface area contributed by atoms with E-state index in [0.717, 1.165) is 22.3 Å². The summed E-state index contributed by atoms with van der Waals surface area (Å²) in [4.78, 5) is 62.5. The number of carbonyl (C=O) groups excluding carboxylic acids is 4. The van der Waals surface area contributed by atoms with E-state index in [2.05, 4.69) is 0 Å². The van der Waals surface area contributed by atoms with Gasteiger partial charge >= 0.3 is 24.0 Å². The predicted molar refractivity (Wildman–Crippen MR) is 165 cm³/mol. The van der Waals surface area contributed by atoms with Crippen molar-refractivity contribution < 1.29 is 28.7 Å². The first kappa shape index (κ1) is 27.9. The Labute approximate surface area is 265 Å². The number of methoxy groups -OCH3 is 2. The highest BCUT2D eigenvalue weighted by Gasteiger charge is 2.80. The second-order valence-electron chi connectivity index (χ2n) is 11.9. The molecule has 2 saturated heterocycles. The minimum atomic E-state index is -1.37. The zero-order valence-electron chi connectivity index (χ0n) is 25.3. The SMILES string of the molecule is COC(=O)c1ccc(C23N4Cc5ccccc5CN2C(=O)N2Cc5ccccc5CN(C4=O)C23c2ccc(C(=O)OC)cc2)cc1. The Morgan fingerprint density at radius 1 is 0.500 bits per heavy atom. The van der Waals surface area contributed by atoms with Crippen LogP contribution in [0.5, 0.6) is 0 Å². The van der Waals surface area contributed by atoms with Gasteiger partial charge in [0.25, 0.3) is 0 Å². The average molecular weight is 615 g/mol. The molecule has 0 N–H and O–H groups in total. The molecule has 0 radical (unpaired) electrons. The first-order valence-corrected chi connectivity index (χ1v) is 15.1. The lowest BCUT2D eigenvalue weighted by Gasteiger charge is -2.49. The van der Waals surface area contributed by atoms with Gasteiger partial charge in [0.1, 0.15) is 0 Å². The van der Waals surface area contributed by atoms with Gasteiger partial charge in [0.2, 0.25) is 0 Å². The molecule has 10 heteroatoms. The van der Waals surface area contributed by atoms with Crippen molar-refractivity contribution in [3.63, 3.8) is 0 Å². The molecule has 8 rings (SSSR count). The minimum Gasteiger partial charge on any atom is -0.465 e. The monoisotopic (exact) mass is 614 g/mol. The van der Waals surface area contributed by atoms with Crippen LogP contribution in [0.1, 0.15) is 54.1 Å². The molecular formula is C36H30N4O6. The summed E-state index contributed by atoms with van der Waals surface area (Å²) in [5.41, 5.74) is 3.10. The van der Waals surface area contributed by atoms with Crippen LogP contribution in [-0.4, -0.2) is 57.8 Å². The molecule has 230 valence electrons. The van der Waals surface area contributed by atoms with Crippen molar-refractivity contribution >= 4 is 24.0 Å². The van der Waals surface area contributed by atoms with Crippen LogP contribution in [0.15, 0.2) is 97.1 Å². The zero-order valence-corrected chi connectivity index (χ0v) is 25.3. The Bertz CT molecular complexity index is 1730. The van der Waals surface area contributed by atoms with Gasteiger partial charge in [0.05, 0.1) is 51.5 Å². The van der Waals surface area contributed by atoms with Crippen LogP contribution in [0, 0.1) is 0 Å². The van der Waals surface area contributed by atoms with Crippen molar-refractivity contribution in [3.8, 4) is 0 Å². The lowest BCUT2D eigenvalue weighted by molar-refractivity contribution is -0.0793. The first-order valence-electron chi connectivity index (χ1n) is 15.1. The van der Waals surface area contributed by atoms with Crippen LogP contribution < -0.4 is 0 Å². The molecule has 4 aliphatic heterocycles. The van der Waals surface area contributed by atoms with Gasteiger partial charge in [-0.15, -0.1) is 0 Å². The molecule has 0 bridgehead atoms. The van der Waals surface area contributed by atoms with Crippen molar-refractivity contribution in [1.29, 1.82) is 0 Å². The smallest absolute Gasteiger partial charge is 0.337 e. The Balaban J connectivity index is 1.47. The van der Waals surface area contributed by atoms with Crippen molar-refractivity contribution in [3.05, 3.63) is 142 Å². The normalized spacial score (nSPS) is 22.5. The van der Waals surface area contributed by atoms with Crippen LogP contribution in [0.25, 0.3) is 0 Å². The highest BCUT2D eigenvalue weighted by molar-refractivity contribution is 5.93. The highest BCUT2D eigenvalue weighted by atomic mass is 16.5. The molecule has 4 aromatic carbocycles. The molecule has 0 spiro atoms. The summed E-state index contributed by atoms with van der Waals surface area (Å²) < 4.78 is 9.95. The third kappa shape index (κ3) is 3.41. The van der Waals surface area contributed by atoms with E-state index < -0.39 is 23.3 Å². The molecular weight excluding hydrogens is 584 g/mol. The van der Waals surface area contributed by atoms with Gasteiger partial charge in [-0.05, 0) is 46.5 Å². The number of hydrogen-bond acceptors (Lipinski definition) is 6. The van der Waals surface area contributed by atoms with E-state index in [1.54, 1.807) is 24.3 Å². The van der Waals surface area contributed by atoms with Crippen molar-refractivity contribution in [2.45, 2.75) is 37.5 Å². The van der Waals surface area contributed by atoms with Gasteiger partial charge in [-0.25, -0.2) is 19.2 Å². The van der Waals surface area contributed by atoms with Crippen molar-refractivity contribution in [1.82, 2.24) is 19.6 Å². The molecule has 2 fully saturated rings. The Kier molecular flexibility index (Phi) is 6.02. The van der Waals surface area contributed by atoms with Crippen LogP contribution >= 0.6 is 0 Å². The Morgan fingerprint density at radius 2 is 0.783 bits per heavy atom. The number of benzene rings is 4. The standard InChI is InChI=1S/C36H30N4O6/c1-45-31(41)23-11-15-29(16-12-23)35-36(30-17-13-24(14-18-30)32(42)46-2)39-21-27-9-5-6-10-28(27)22-40(36)34(44)38(35)20-26-8-4-3-7-25(26)19-37(35)33(39)43/h3-18H,19-22H2,1-2H3. The number of hydrogen-bond donors (Lipinski definition) is 0. The van der Waals surface area contributed by atoms with E-state index in [1.165, 1.54) is 14.2 Å². The average Bonchev–Trinajstić information content (AvgIpc) is 3.26. The van der Waals surface area contributed by atoms with Gasteiger partial charge in [0.15, 0.2) is 11.3 Å². The fourth-order valence-electron chi connectivity index (χ4n) is 7.97. The molecule has 4 aromatic rings. The van der Waals surface area contributed by atoms with Crippen LogP contribution in [0.3, 0.4) is 0 Å². The summed E-state index contributed by atoms with van der Waals surface area (Å²) in [6.07, 6.45) is 0. The van der Waals surface area contributed by atoms with Crippen molar-refractivity contribution in [2.75, 3.05) is 14.2 Å². The number of carbonyl (C=O) groups is 4. The molecule has 4 amide bonds. The lowest BCUT2D eigenvalue weighted by atomic mass is 9.79. The number of rotatable bonds is 4. The predicted octanol–water partition coefficient (Wildman–Crippen LogP) is 5.17.